The molecule has 0 aliphatic carbocycles. The molecule has 0 aromatic heterocycles. The van der Waals surface area contributed by atoms with Gasteiger partial charge in [0, 0.05) is 18.3 Å². The van der Waals surface area contributed by atoms with E-state index in [1.54, 1.807) is 25.1 Å². The van der Waals surface area contributed by atoms with Gasteiger partial charge < -0.3 is 15.7 Å². The highest BCUT2D eigenvalue weighted by Gasteiger charge is 2.21. The summed E-state index contributed by atoms with van der Waals surface area (Å²) in [6, 6.07) is 4.87. The molecule has 0 aliphatic heterocycles. The molecule has 1 atom stereocenters. The van der Waals surface area contributed by atoms with Gasteiger partial charge in [0.1, 0.15) is 5.92 Å². The second-order valence-electron chi connectivity index (χ2n) is 4.11. The second kappa shape index (κ2) is 5.99. The molecule has 3 N–H and O–H groups in total. The summed E-state index contributed by atoms with van der Waals surface area (Å²) in [5.41, 5.74) is 1.45. The van der Waals surface area contributed by atoms with Crippen LogP contribution in [0, 0.1) is 12.8 Å². The molecule has 1 unspecified atom stereocenters. The lowest BCUT2D eigenvalue weighted by molar-refractivity contribution is -0.144. The molecule has 0 heterocycles. The molecular weight excluding hydrogens is 248 g/mol. The minimum Gasteiger partial charge on any atom is -0.481 e. The lowest BCUT2D eigenvalue weighted by Crippen LogP contribution is -2.27. The Balaban J connectivity index is 3.00. The molecule has 6 nitrogen and oxygen atoms in total. The van der Waals surface area contributed by atoms with Crippen LogP contribution < -0.4 is 10.6 Å². The van der Waals surface area contributed by atoms with E-state index in [9.17, 15) is 14.4 Å². The number of hydrogen-bond acceptors (Lipinski definition) is 3. The predicted molar refractivity (Wildman–Crippen MR) is 70.0 cm³/mol. The molecule has 1 rings (SSSR count). The van der Waals surface area contributed by atoms with E-state index >= 15 is 0 Å². The molecule has 2 amide bonds. The largest absolute Gasteiger partial charge is 0.481 e. The second-order valence-corrected chi connectivity index (χ2v) is 4.11. The summed E-state index contributed by atoms with van der Waals surface area (Å²) in [5.74, 6) is -3.23. The van der Waals surface area contributed by atoms with Crippen LogP contribution in [-0.2, 0) is 9.59 Å². The zero-order chi connectivity index (χ0) is 14.6. The van der Waals surface area contributed by atoms with E-state index in [2.05, 4.69) is 10.6 Å². The van der Waals surface area contributed by atoms with Crippen molar-refractivity contribution < 1.29 is 19.5 Å². The summed E-state index contributed by atoms with van der Waals surface area (Å²) in [4.78, 5) is 34.0. The Labute approximate surface area is 110 Å². The maximum Gasteiger partial charge on any atom is 0.315 e. The first kappa shape index (κ1) is 14.7. The monoisotopic (exact) mass is 264 g/mol. The maximum absolute atomic E-state index is 11.7. The average molecular weight is 264 g/mol. The highest BCUT2D eigenvalue weighted by atomic mass is 16.4. The van der Waals surface area contributed by atoms with Crippen molar-refractivity contribution in [1.82, 2.24) is 5.32 Å². The van der Waals surface area contributed by atoms with Crippen LogP contribution in [-0.4, -0.2) is 29.9 Å². The number of carbonyl (C=O) groups excluding carboxylic acids is 2. The molecule has 0 saturated carbocycles. The summed E-state index contributed by atoms with van der Waals surface area (Å²) in [6.07, 6.45) is 0. The first-order valence-electron chi connectivity index (χ1n) is 5.73. The fourth-order valence-electron chi connectivity index (χ4n) is 1.50. The van der Waals surface area contributed by atoms with E-state index in [0.717, 1.165) is 0 Å². The van der Waals surface area contributed by atoms with Crippen LogP contribution >= 0.6 is 0 Å². The van der Waals surface area contributed by atoms with Gasteiger partial charge in [0.2, 0.25) is 5.91 Å². The number of aliphatic carboxylic acids is 1. The lowest BCUT2D eigenvalue weighted by atomic mass is 10.1. The smallest absolute Gasteiger partial charge is 0.315 e. The SMILES string of the molecule is CNC(=O)c1cccc(NC(=O)C(C)C(=O)O)c1C. The van der Waals surface area contributed by atoms with Gasteiger partial charge in [-0.15, -0.1) is 0 Å². The Hall–Kier alpha value is -2.37. The van der Waals surface area contributed by atoms with Crippen molar-refractivity contribution in [3.63, 3.8) is 0 Å². The molecule has 1 aromatic rings. The third-order valence-electron chi connectivity index (χ3n) is 2.83. The van der Waals surface area contributed by atoms with E-state index < -0.39 is 17.8 Å². The first-order valence-corrected chi connectivity index (χ1v) is 5.73. The fourth-order valence-corrected chi connectivity index (χ4v) is 1.50. The number of carboxylic acid groups (broad SMARTS) is 1. The first-order chi connectivity index (χ1) is 8.88. The normalized spacial score (nSPS) is 11.5. The lowest BCUT2D eigenvalue weighted by Gasteiger charge is -2.13. The molecule has 1 aromatic carbocycles. The molecule has 6 heteroatoms. The third-order valence-corrected chi connectivity index (χ3v) is 2.83. The number of carbonyl (C=O) groups is 3. The average Bonchev–Trinajstić information content (AvgIpc) is 2.39. The van der Waals surface area contributed by atoms with Crippen LogP contribution in [0.1, 0.15) is 22.8 Å². The number of benzene rings is 1. The van der Waals surface area contributed by atoms with Gasteiger partial charge in [-0.3, -0.25) is 14.4 Å². The van der Waals surface area contributed by atoms with Gasteiger partial charge in [-0.25, -0.2) is 0 Å². The fraction of sp³-hybridized carbons (Fsp3) is 0.308. The van der Waals surface area contributed by atoms with Gasteiger partial charge in [0.25, 0.3) is 5.91 Å². The van der Waals surface area contributed by atoms with Crippen molar-refractivity contribution in [2.45, 2.75) is 13.8 Å². The number of carboxylic acids is 1. The zero-order valence-electron chi connectivity index (χ0n) is 11.0. The third kappa shape index (κ3) is 3.31. The predicted octanol–water partition coefficient (Wildman–Crippen LogP) is 1.01. The molecule has 0 bridgehead atoms. The van der Waals surface area contributed by atoms with Crippen LogP contribution in [0.15, 0.2) is 18.2 Å². The van der Waals surface area contributed by atoms with Crippen molar-refractivity contribution in [3.8, 4) is 0 Å². The summed E-state index contributed by atoms with van der Waals surface area (Å²) in [5, 5.41) is 13.8. The van der Waals surface area contributed by atoms with Gasteiger partial charge in [0.15, 0.2) is 0 Å². The van der Waals surface area contributed by atoms with Crippen molar-refractivity contribution in [2.24, 2.45) is 5.92 Å². The van der Waals surface area contributed by atoms with Crippen LogP contribution in [0.2, 0.25) is 0 Å². The highest BCUT2D eigenvalue weighted by molar-refractivity contribution is 6.05. The van der Waals surface area contributed by atoms with E-state index in [1.807, 2.05) is 0 Å². The number of rotatable bonds is 4. The van der Waals surface area contributed by atoms with Gasteiger partial charge in [-0.2, -0.15) is 0 Å². The van der Waals surface area contributed by atoms with Gasteiger partial charge >= 0.3 is 5.97 Å². The molecule has 0 radical (unpaired) electrons. The van der Waals surface area contributed by atoms with Gasteiger partial charge in [-0.05, 0) is 31.5 Å². The van der Waals surface area contributed by atoms with E-state index in [-0.39, 0.29) is 5.91 Å². The summed E-state index contributed by atoms with van der Waals surface area (Å²) in [6.45, 7) is 2.99. The van der Waals surface area contributed by atoms with Crippen LogP contribution in [0.25, 0.3) is 0 Å². The molecule has 19 heavy (non-hydrogen) atoms. The zero-order valence-corrected chi connectivity index (χ0v) is 11.0. The quantitative estimate of drug-likeness (QED) is 0.707. The van der Waals surface area contributed by atoms with Crippen molar-refractivity contribution in [1.29, 1.82) is 0 Å². The Morgan fingerprint density at radius 2 is 1.89 bits per heavy atom. The topological polar surface area (TPSA) is 95.5 Å². The van der Waals surface area contributed by atoms with Gasteiger partial charge in [0.05, 0.1) is 0 Å². The Morgan fingerprint density at radius 1 is 1.26 bits per heavy atom. The molecular formula is C13H16N2O4. The van der Waals surface area contributed by atoms with E-state index in [4.69, 9.17) is 5.11 Å². The molecule has 0 aliphatic rings. The van der Waals surface area contributed by atoms with Crippen molar-refractivity contribution in [3.05, 3.63) is 29.3 Å². The summed E-state index contributed by atoms with van der Waals surface area (Å²) < 4.78 is 0. The summed E-state index contributed by atoms with van der Waals surface area (Å²) in [7, 11) is 1.51. The van der Waals surface area contributed by atoms with Crippen molar-refractivity contribution in [2.75, 3.05) is 12.4 Å². The van der Waals surface area contributed by atoms with Gasteiger partial charge in [-0.1, -0.05) is 6.07 Å². The Morgan fingerprint density at radius 3 is 2.42 bits per heavy atom. The number of nitrogens with one attached hydrogen (secondary N) is 2. The van der Waals surface area contributed by atoms with Crippen molar-refractivity contribution >= 4 is 23.5 Å². The Bertz CT molecular complexity index is 525. The standard InChI is InChI=1S/C13H16N2O4/c1-7-9(12(17)14-3)5-4-6-10(7)15-11(16)8(2)13(18)19/h4-6,8H,1-3H3,(H,14,17)(H,15,16)(H,18,19). The molecule has 0 fully saturated rings. The van der Waals surface area contributed by atoms with Crippen LogP contribution in [0.4, 0.5) is 5.69 Å². The summed E-state index contributed by atoms with van der Waals surface area (Å²) >= 11 is 0. The molecule has 0 saturated heterocycles. The number of amides is 2. The number of anilines is 1. The van der Waals surface area contributed by atoms with Crippen LogP contribution in [0.3, 0.4) is 0 Å². The minimum atomic E-state index is -1.20. The van der Waals surface area contributed by atoms with E-state index in [0.29, 0.717) is 16.8 Å². The van der Waals surface area contributed by atoms with E-state index in [1.165, 1.54) is 14.0 Å². The highest BCUT2D eigenvalue weighted by Crippen LogP contribution is 2.19. The minimum absolute atomic E-state index is 0.264. The Kier molecular flexibility index (Phi) is 4.63. The molecule has 0 spiro atoms. The van der Waals surface area contributed by atoms with Crippen LogP contribution in [0.5, 0.6) is 0 Å². The maximum atomic E-state index is 11.7. The molecule has 102 valence electrons. The number of hydrogen-bond donors (Lipinski definition) is 3.